The van der Waals surface area contributed by atoms with Crippen LogP contribution >= 0.6 is 0 Å². The van der Waals surface area contributed by atoms with Crippen molar-refractivity contribution in [1.29, 1.82) is 0 Å². The summed E-state index contributed by atoms with van der Waals surface area (Å²) in [6.45, 7) is 2.48. The van der Waals surface area contributed by atoms with Gasteiger partial charge in [0.05, 0.1) is 17.7 Å². The molecule has 1 fully saturated rings. The molecule has 2 N–H and O–H groups in total. The number of hydrogen-bond donors (Lipinski definition) is 2. The molecule has 6 rings (SSSR count). The number of anilines is 1. The fourth-order valence-electron chi connectivity index (χ4n) is 7.21. The van der Waals surface area contributed by atoms with Crippen LogP contribution in [-0.4, -0.2) is 97.9 Å². The van der Waals surface area contributed by atoms with Crippen molar-refractivity contribution in [2.75, 3.05) is 25.6 Å². The Morgan fingerprint density at radius 1 is 0.742 bits per heavy atom. The highest BCUT2D eigenvalue weighted by molar-refractivity contribution is 5.92. The van der Waals surface area contributed by atoms with Crippen molar-refractivity contribution in [2.45, 2.75) is 70.4 Å². The number of methoxy groups -OCH3 is 1. The molecular formula is C45H43N3O18. The minimum absolute atomic E-state index is 0.0391. The molecule has 1 heterocycles. The van der Waals surface area contributed by atoms with Gasteiger partial charge in [0.15, 0.2) is 18.3 Å². The highest BCUT2D eigenvalue weighted by atomic mass is 16.7. The monoisotopic (exact) mass is 913 g/mol. The van der Waals surface area contributed by atoms with Gasteiger partial charge in [-0.25, -0.2) is 14.4 Å². The van der Waals surface area contributed by atoms with E-state index in [4.69, 9.17) is 42.6 Å². The number of ether oxygens (including phenoxy) is 9. The van der Waals surface area contributed by atoms with E-state index < -0.39 is 84.3 Å². The summed E-state index contributed by atoms with van der Waals surface area (Å²) in [7, 11) is 1.02. The Kier molecular flexibility index (Phi) is 15.5. The second-order valence-electron chi connectivity index (χ2n) is 14.6. The van der Waals surface area contributed by atoms with Crippen LogP contribution in [0.5, 0.6) is 11.5 Å². The third-order valence-electron chi connectivity index (χ3n) is 9.97. The molecular weight excluding hydrogens is 870 g/mol. The zero-order valence-electron chi connectivity index (χ0n) is 35.7. The van der Waals surface area contributed by atoms with Crippen LogP contribution in [0, 0.1) is 10.1 Å². The fraction of sp³-hybridized carbons (Fsp3) is 0.311. The lowest BCUT2D eigenvalue weighted by Crippen LogP contribution is -2.64. The van der Waals surface area contributed by atoms with E-state index >= 15 is 0 Å². The number of non-ortho nitro benzene ring substituents is 1. The molecule has 0 radical (unpaired) electrons. The zero-order chi connectivity index (χ0) is 47.5. The van der Waals surface area contributed by atoms with E-state index in [0.29, 0.717) is 0 Å². The summed E-state index contributed by atoms with van der Waals surface area (Å²) in [6.07, 6.45) is -10.9. The average Bonchev–Trinajstić information content (AvgIpc) is 3.60. The Balaban J connectivity index is 1.18. The van der Waals surface area contributed by atoms with Crippen LogP contribution in [0.15, 0.2) is 91.0 Å². The van der Waals surface area contributed by atoms with E-state index in [1.165, 1.54) is 30.3 Å². The maximum atomic E-state index is 13.5. The number of benzene rings is 4. The standard InChI is InChI=1S/C45H43N3O18/c1-24(49)61-38-39(62-25(2)50)41(63-26(3)51)43(66-40(38)42(53)58-4)65-36-18-13-27(22-60-45(55)64-29-16-14-28(15-17-29)48(56)57)21-35(36)47-37(52)19-20-46-44(54)59-23-34-32-11-7-5-9-30(32)31-10-6-8-12-33(31)34/h5-18,21,34,38-41,43H,19-20,22-23H2,1-4H3,(H,46,54)(H,47,52)/t38-,39-,40-,41+,43+/m0/s1. The molecule has 5 atom stereocenters. The molecule has 2 amide bonds. The summed E-state index contributed by atoms with van der Waals surface area (Å²) in [5, 5.41) is 16.2. The summed E-state index contributed by atoms with van der Waals surface area (Å²) >= 11 is 0. The Hall–Kier alpha value is -8.07. The zero-order valence-corrected chi connectivity index (χ0v) is 35.7. The van der Waals surface area contributed by atoms with Gasteiger partial charge < -0.3 is 53.3 Å². The molecule has 21 heteroatoms. The van der Waals surface area contributed by atoms with Gasteiger partial charge in [0.2, 0.25) is 18.3 Å². The minimum atomic E-state index is -1.81. The quantitative estimate of drug-likeness (QED) is 0.0478. The van der Waals surface area contributed by atoms with Crippen molar-refractivity contribution in [3.63, 3.8) is 0 Å². The number of nitro groups is 1. The van der Waals surface area contributed by atoms with Gasteiger partial charge in [0.1, 0.15) is 24.7 Å². The summed E-state index contributed by atoms with van der Waals surface area (Å²) < 4.78 is 48.9. The van der Waals surface area contributed by atoms with Gasteiger partial charge in [-0.05, 0) is 52.1 Å². The van der Waals surface area contributed by atoms with Crippen LogP contribution in [-0.2, 0) is 63.7 Å². The molecule has 0 bridgehead atoms. The summed E-state index contributed by atoms with van der Waals surface area (Å²) in [5.41, 5.74) is 4.05. The number of nitrogens with zero attached hydrogens (tertiary/aromatic N) is 1. The number of carbonyl (C=O) groups excluding carboxylic acids is 7. The van der Waals surface area contributed by atoms with E-state index in [9.17, 15) is 43.7 Å². The van der Waals surface area contributed by atoms with Crippen molar-refractivity contribution >= 4 is 53.4 Å². The third kappa shape index (κ3) is 11.9. The van der Waals surface area contributed by atoms with E-state index in [-0.39, 0.29) is 53.9 Å². The molecule has 4 aromatic rings. The topological polar surface area (TPSA) is 270 Å². The molecule has 0 aromatic heterocycles. The van der Waals surface area contributed by atoms with Crippen LogP contribution in [0.4, 0.5) is 21.0 Å². The predicted octanol–water partition coefficient (Wildman–Crippen LogP) is 5.25. The van der Waals surface area contributed by atoms with Crippen molar-refractivity contribution in [2.24, 2.45) is 0 Å². The second-order valence-corrected chi connectivity index (χ2v) is 14.6. The van der Waals surface area contributed by atoms with Crippen LogP contribution in [0.25, 0.3) is 11.1 Å². The van der Waals surface area contributed by atoms with Gasteiger partial charge in [-0.15, -0.1) is 0 Å². The fourth-order valence-corrected chi connectivity index (χ4v) is 7.21. The number of esters is 4. The number of rotatable bonds is 16. The van der Waals surface area contributed by atoms with Gasteiger partial charge in [-0.1, -0.05) is 54.6 Å². The first-order chi connectivity index (χ1) is 31.6. The summed E-state index contributed by atoms with van der Waals surface area (Å²) in [5.74, 6) is -4.94. The second kappa shape index (κ2) is 21.5. The van der Waals surface area contributed by atoms with E-state index in [1.54, 1.807) is 0 Å². The van der Waals surface area contributed by atoms with Crippen LogP contribution in [0.3, 0.4) is 0 Å². The van der Waals surface area contributed by atoms with Crippen molar-refractivity contribution < 1.29 is 81.1 Å². The molecule has 0 saturated carbocycles. The SMILES string of the molecule is COC(=O)[C@H]1O[C@@H](Oc2ccc(COC(=O)Oc3ccc([N+](=O)[O-])cc3)cc2NC(=O)CCNC(=O)OCC2c3ccccc3-c3ccccc32)[C@H](OC(C)=O)[C@@H](OC(C)=O)[C@@H]1OC(C)=O. The number of nitro benzene ring substituents is 1. The molecule has 2 aliphatic rings. The number of hydrogen-bond acceptors (Lipinski definition) is 18. The van der Waals surface area contributed by atoms with Crippen LogP contribution in [0.1, 0.15) is 49.8 Å². The molecule has 66 heavy (non-hydrogen) atoms. The van der Waals surface area contributed by atoms with Gasteiger partial charge in [0.25, 0.3) is 5.69 Å². The van der Waals surface area contributed by atoms with Crippen molar-refractivity contribution in [3.05, 3.63) is 118 Å². The number of amides is 2. The number of carbonyl (C=O) groups is 7. The molecule has 346 valence electrons. The van der Waals surface area contributed by atoms with Crippen LogP contribution in [0.2, 0.25) is 0 Å². The molecule has 1 aliphatic heterocycles. The van der Waals surface area contributed by atoms with Gasteiger partial charge in [-0.2, -0.15) is 0 Å². The van der Waals surface area contributed by atoms with Gasteiger partial charge >= 0.3 is 36.1 Å². The lowest BCUT2D eigenvalue weighted by Gasteiger charge is -2.43. The maximum Gasteiger partial charge on any atom is 0.514 e. The lowest BCUT2D eigenvalue weighted by atomic mass is 9.97. The third-order valence-corrected chi connectivity index (χ3v) is 9.97. The number of nitrogens with one attached hydrogen (secondary N) is 2. The van der Waals surface area contributed by atoms with E-state index in [0.717, 1.165) is 62.3 Å². The van der Waals surface area contributed by atoms with Gasteiger partial charge in [0, 0.05) is 51.8 Å². The summed E-state index contributed by atoms with van der Waals surface area (Å²) in [6, 6.07) is 24.3. The normalized spacial score (nSPS) is 18.2. The largest absolute Gasteiger partial charge is 0.514 e. The highest BCUT2D eigenvalue weighted by Gasteiger charge is 2.56. The molecule has 21 nitrogen and oxygen atoms in total. The minimum Gasteiger partial charge on any atom is -0.467 e. The van der Waals surface area contributed by atoms with Crippen molar-refractivity contribution in [3.8, 4) is 22.6 Å². The number of fused-ring (bicyclic) bond motifs is 3. The summed E-state index contributed by atoms with van der Waals surface area (Å²) in [4.78, 5) is 99.1. The van der Waals surface area contributed by atoms with E-state index in [1.807, 2.05) is 48.5 Å². The lowest BCUT2D eigenvalue weighted by molar-refractivity contribution is -0.384. The number of alkyl carbamates (subject to hydrolysis) is 1. The average molecular weight is 914 g/mol. The smallest absolute Gasteiger partial charge is 0.467 e. The first kappa shape index (κ1) is 47.4. The maximum absolute atomic E-state index is 13.5. The Labute approximate surface area is 375 Å². The Morgan fingerprint density at radius 3 is 1.95 bits per heavy atom. The van der Waals surface area contributed by atoms with Crippen molar-refractivity contribution in [1.82, 2.24) is 5.32 Å². The predicted molar refractivity (Wildman–Crippen MR) is 225 cm³/mol. The highest BCUT2D eigenvalue weighted by Crippen LogP contribution is 2.44. The molecule has 1 aliphatic carbocycles. The first-order valence-corrected chi connectivity index (χ1v) is 20.1. The van der Waals surface area contributed by atoms with E-state index in [2.05, 4.69) is 10.6 Å². The molecule has 0 spiro atoms. The molecule has 0 unspecified atom stereocenters. The van der Waals surface area contributed by atoms with Gasteiger partial charge in [-0.3, -0.25) is 29.3 Å². The first-order valence-electron chi connectivity index (χ1n) is 20.1. The van der Waals surface area contributed by atoms with Crippen LogP contribution < -0.4 is 20.1 Å². The molecule has 4 aromatic carbocycles. The molecule has 1 saturated heterocycles. The Morgan fingerprint density at radius 2 is 1.35 bits per heavy atom. The Bertz CT molecular complexity index is 2450.